The number of sulfonamides is 1. The van der Waals surface area contributed by atoms with E-state index in [0.717, 1.165) is 35.1 Å². The van der Waals surface area contributed by atoms with E-state index in [-0.39, 0.29) is 34.2 Å². The van der Waals surface area contributed by atoms with Crippen molar-refractivity contribution in [1.29, 1.82) is 0 Å². The highest BCUT2D eigenvalue weighted by Gasteiger charge is 2.65. The molecule has 0 aromatic heterocycles. The summed E-state index contributed by atoms with van der Waals surface area (Å²) >= 11 is 0. The molecule has 2 aromatic rings. The predicted molar refractivity (Wildman–Crippen MR) is 156 cm³/mol. The number of rotatable bonds is 6. The molecule has 41 heavy (non-hydrogen) atoms. The van der Waals surface area contributed by atoms with E-state index in [2.05, 4.69) is 0 Å². The maximum Gasteiger partial charge on any atom is 0.220 e. The Kier molecular flexibility index (Phi) is 8.46. The molecule has 0 amide bonds. The molecule has 2 fully saturated rings. The minimum atomic E-state index is -3.58. The number of carbonyl (C=O) groups is 1. The number of hydrogen-bond donors (Lipinski definition) is 2. The molecule has 2 bridgehead atoms. The molecule has 3 unspecified atom stereocenters. The van der Waals surface area contributed by atoms with Gasteiger partial charge in [0.1, 0.15) is 5.78 Å². The standard InChI is InChI=1S/C20H23NO5.C10H17NO3S/c1-23-16-8-6-12-13(10-15(16)22)14(21)7-5-11-9-17(24-2)19(25-3)20(26-4)18(11)12;1-9(2)7-3-4-10(9,8(12)5-7)6-15(11,13)14/h6,8-10,14H,5,7,21H2,1-4H3;7H,3-6H2,1-2H3,(H2,11,13,14). The van der Waals surface area contributed by atoms with Gasteiger partial charge in [-0.3, -0.25) is 9.59 Å². The molecule has 2 aromatic carbocycles. The fraction of sp³-hybridized carbons (Fsp3) is 0.533. The number of hydrogen-bond acceptors (Lipinski definition) is 9. The van der Waals surface area contributed by atoms with Crippen LogP contribution in [0.1, 0.15) is 56.7 Å². The van der Waals surface area contributed by atoms with Crippen LogP contribution in [0.4, 0.5) is 0 Å². The summed E-state index contributed by atoms with van der Waals surface area (Å²) in [6, 6.07) is 6.75. The fourth-order valence-electron chi connectivity index (χ4n) is 6.95. The number of ether oxygens (including phenoxy) is 4. The van der Waals surface area contributed by atoms with Crippen molar-refractivity contribution >= 4 is 15.8 Å². The quantitative estimate of drug-likeness (QED) is 0.516. The van der Waals surface area contributed by atoms with Crippen molar-refractivity contribution in [2.45, 2.75) is 52.0 Å². The van der Waals surface area contributed by atoms with Gasteiger partial charge >= 0.3 is 0 Å². The summed E-state index contributed by atoms with van der Waals surface area (Å²) in [6.07, 6.45) is 3.60. The maximum atomic E-state index is 12.4. The molecule has 0 heterocycles. The highest BCUT2D eigenvalue weighted by atomic mass is 32.2. The number of methoxy groups -OCH3 is 4. The Morgan fingerprint density at radius 2 is 1.59 bits per heavy atom. The Morgan fingerprint density at radius 3 is 2.10 bits per heavy atom. The van der Waals surface area contributed by atoms with Crippen LogP contribution in [-0.4, -0.2) is 48.4 Å². The average Bonchev–Trinajstić information content (AvgIpc) is 3.10. The minimum absolute atomic E-state index is 0.0952. The summed E-state index contributed by atoms with van der Waals surface area (Å²) < 4.78 is 44.3. The molecule has 3 aliphatic carbocycles. The summed E-state index contributed by atoms with van der Waals surface area (Å²) in [7, 11) is 2.65. The van der Waals surface area contributed by atoms with E-state index in [1.807, 2.05) is 26.0 Å². The number of nitrogens with two attached hydrogens (primary N) is 2. The van der Waals surface area contributed by atoms with Crippen molar-refractivity contribution in [2.24, 2.45) is 27.6 Å². The lowest BCUT2D eigenvalue weighted by atomic mass is 9.70. The third kappa shape index (κ3) is 5.30. The maximum absolute atomic E-state index is 12.4. The Bertz CT molecular complexity index is 1520. The topological polar surface area (TPSA) is 157 Å². The Hall–Kier alpha value is -3.15. The lowest BCUT2D eigenvalue weighted by Gasteiger charge is -2.35. The first-order valence-corrected chi connectivity index (χ1v) is 15.3. The van der Waals surface area contributed by atoms with Crippen molar-refractivity contribution in [2.75, 3.05) is 34.2 Å². The molecular weight excluding hydrogens is 548 g/mol. The normalized spacial score (nSPS) is 23.9. The smallest absolute Gasteiger partial charge is 0.220 e. The van der Waals surface area contributed by atoms with E-state index in [9.17, 15) is 18.0 Å². The number of fused-ring (bicyclic) bond motifs is 5. The second-order valence-corrected chi connectivity index (χ2v) is 13.2. The van der Waals surface area contributed by atoms with Crippen LogP contribution in [-0.2, 0) is 21.2 Å². The second-order valence-electron chi connectivity index (χ2n) is 11.6. The van der Waals surface area contributed by atoms with Crippen molar-refractivity contribution in [3.8, 4) is 34.1 Å². The lowest BCUT2D eigenvalue weighted by Crippen LogP contribution is -2.43. The molecule has 0 aliphatic heterocycles. The highest BCUT2D eigenvalue weighted by molar-refractivity contribution is 7.89. The molecule has 4 N–H and O–H groups in total. The van der Waals surface area contributed by atoms with Gasteiger partial charge in [0.15, 0.2) is 17.2 Å². The van der Waals surface area contributed by atoms with Crippen molar-refractivity contribution in [1.82, 2.24) is 0 Å². The van der Waals surface area contributed by atoms with Crippen LogP contribution in [0.15, 0.2) is 29.1 Å². The largest absolute Gasteiger partial charge is 0.493 e. The summed E-state index contributed by atoms with van der Waals surface area (Å²) in [5.74, 6) is 2.20. The van der Waals surface area contributed by atoms with Gasteiger partial charge in [-0.25, -0.2) is 13.6 Å². The number of carbonyl (C=O) groups excluding carboxylic acids is 1. The van der Waals surface area contributed by atoms with Crippen LogP contribution in [0.2, 0.25) is 0 Å². The number of benzene rings is 1. The number of primary sulfonamides is 1. The minimum Gasteiger partial charge on any atom is -0.493 e. The zero-order chi connectivity index (χ0) is 30.3. The van der Waals surface area contributed by atoms with Crippen LogP contribution in [0, 0.1) is 16.7 Å². The van der Waals surface area contributed by atoms with Gasteiger partial charge in [-0.1, -0.05) is 19.9 Å². The Labute approximate surface area is 241 Å². The first kappa shape index (κ1) is 30.8. The van der Waals surface area contributed by atoms with E-state index in [1.165, 1.54) is 7.11 Å². The van der Waals surface area contributed by atoms with Crippen LogP contribution < -0.4 is 35.2 Å². The summed E-state index contributed by atoms with van der Waals surface area (Å²) in [5, 5.41) is 5.10. The van der Waals surface area contributed by atoms with Gasteiger partial charge in [0.25, 0.3) is 0 Å². The van der Waals surface area contributed by atoms with Crippen molar-refractivity contribution < 1.29 is 32.2 Å². The van der Waals surface area contributed by atoms with Gasteiger partial charge in [-0.05, 0) is 71.9 Å². The van der Waals surface area contributed by atoms with Crippen LogP contribution in [0.5, 0.6) is 23.0 Å². The lowest BCUT2D eigenvalue weighted by molar-refractivity contribution is -0.128. The first-order valence-electron chi connectivity index (χ1n) is 13.6. The number of aryl methyl sites for hydroxylation is 1. The molecule has 0 saturated heterocycles. The van der Waals surface area contributed by atoms with Gasteiger partial charge in [0.2, 0.25) is 21.2 Å². The van der Waals surface area contributed by atoms with E-state index in [0.29, 0.717) is 42.4 Å². The summed E-state index contributed by atoms with van der Waals surface area (Å²) in [6.45, 7) is 4.00. The number of ketones is 1. The van der Waals surface area contributed by atoms with Crippen molar-refractivity contribution in [3.05, 3.63) is 45.6 Å². The van der Waals surface area contributed by atoms with E-state index in [4.69, 9.17) is 29.8 Å². The van der Waals surface area contributed by atoms with E-state index >= 15 is 0 Å². The van der Waals surface area contributed by atoms with Gasteiger partial charge in [-0.15, -0.1) is 0 Å². The molecule has 10 nitrogen and oxygen atoms in total. The van der Waals surface area contributed by atoms with E-state index < -0.39 is 15.4 Å². The van der Waals surface area contributed by atoms with Gasteiger partial charge in [0, 0.05) is 23.4 Å². The number of Topliss-reactive ketones (excluding diaryl/α,β-unsaturated/α-hetero) is 1. The Morgan fingerprint density at radius 1 is 0.927 bits per heavy atom. The molecule has 0 spiro atoms. The molecule has 224 valence electrons. The molecular formula is C30H40N2O8S. The predicted octanol–water partition coefficient (Wildman–Crippen LogP) is 3.36. The third-order valence-electron chi connectivity index (χ3n) is 9.35. The monoisotopic (exact) mass is 588 g/mol. The Balaban J connectivity index is 0.000000218. The van der Waals surface area contributed by atoms with Gasteiger partial charge in [-0.2, -0.15) is 0 Å². The summed E-state index contributed by atoms with van der Waals surface area (Å²) in [5.41, 5.74) is 8.78. The zero-order valence-corrected chi connectivity index (χ0v) is 25.4. The SMILES string of the molecule is CC1(C)C2CCC1(CS(N)(=O)=O)C(=O)C2.COc1cc2c(c(OC)c1OC)-c1ccc(OC)c(=O)cc1C(N)CC2. The van der Waals surface area contributed by atoms with Crippen LogP contribution >= 0.6 is 0 Å². The van der Waals surface area contributed by atoms with Crippen LogP contribution in [0.3, 0.4) is 0 Å². The molecule has 0 radical (unpaired) electrons. The average molecular weight is 589 g/mol. The summed E-state index contributed by atoms with van der Waals surface area (Å²) in [4.78, 5) is 24.3. The zero-order valence-electron chi connectivity index (χ0n) is 24.5. The second kappa shape index (κ2) is 11.3. The molecule has 3 aliphatic rings. The molecule has 3 atom stereocenters. The third-order valence-corrected chi connectivity index (χ3v) is 10.2. The highest BCUT2D eigenvalue weighted by Crippen LogP contribution is 2.64. The molecule has 5 rings (SSSR count). The van der Waals surface area contributed by atoms with Crippen LogP contribution in [0.25, 0.3) is 11.1 Å². The first-order chi connectivity index (χ1) is 19.2. The van der Waals surface area contributed by atoms with Gasteiger partial charge < -0.3 is 24.7 Å². The van der Waals surface area contributed by atoms with Crippen molar-refractivity contribution in [3.63, 3.8) is 0 Å². The van der Waals surface area contributed by atoms with Gasteiger partial charge in [0.05, 0.1) is 34.2 Å². The molecule has 2 saturated carbocycles. The molecule has 11 heteroatoms. The van der Waals surface area contributed by atoms with E-state index in [1.54, 1.807) is 33.5 Å². The fourth-order valence-corrected chi connectivity index (χ4v) is 8.31.